The summed E-state index contributed by atoms with van der Waals surface area (Å²) in [7, 11) is 0. The van der Waals surface area contributed by atoms with Crippen molar-refractivity contribution in [2.45, 2.75) is 33.2 Å². The monoisotopic (exact) mass is 380 g/mol. The molecule has 25 heavy (non-hydrogen) atoms. The minimum Gasteiger partial charge on any atom is -0.354 e. The second kappa shape index (κ2) is 8.82. The predicted octanol–water partition coefficient (Wildman–Crippen LogP) is 3.49. The van der Waals surface area contributed by atoms with E-state index >= 15 is 0 Å². The van der Waals surface area contributed by atoms with Crippen LogP contribution in [-0.2, 0) is 4.79 Å². The largest absolute Gasteiger partial charge is 0.354 e. The first-order valence-corrected chi connectivity index (χ1v) is 9.23. The summed E-state index contributed by atoms with van der Waals surface area (Å²) in [5, 5.41) is 11.4. The highest BCUT2D eigenvalue weighted by Gasteiger charge is 2.18. The average molecular weight is 381 g/mol. The van der Waals surface area contributed by atoms with E-state index in [-0.39, 0.29) is 17.5 Å². The zero-order chi connectivity index (χ0) is 18.4. The number of aromatic nitrogens is 1. The first-order chi connectivity index (χ1) is 11.9. The van der Waals surface area contributed by atoms with Crippen LogP contribution in [0.1, 0.15) is 36.3 Å². The van der Waals surface area contributed by atoms with Crippen molar-refractivity contribution in [2.24, 2.45) is 0 Å². The molecule has 0 aliphatic carbocycles. The maximum absolute atomic E-state index is 12.2. The normalized spacial score (nSPS) is 11.7. The molecule has 1 heterocycles. The van der Waals surface area contributed by atoms with Gasteiger partial charge in [-0.3, -0.25) is 9.59 Å². The summed E-state index contributed by atoms with van der Waals surface area (Å²) in [6.07, 6.45) is 0.844. The van der Waals surface area contributed by atoms with Gasteiger partial charge < -0.3 is 16.0 Å². The minimum absolute atomic E-state index is 0.210. The van der Waals surface area contributed by atoms with Gasteiger partial charge in [-0.15, -0.1) is 11.3 Å². The molecule has 1 aromatic heterocycles. The van der Waals surface area contributed by atoms with E-state index in [0.717, 1.165) is 17.7 Å². The molecule has 1 unspecified atom stereocenters. The van der Waals surface area contributed by atoms with E-state index in [2.05, 4.69) is 20.9 Å². The smallest absolute Gasteiger partial charge is 0.271 e. The molecule has 0 saturated carbocycles. The summed E-state index contributed by atoms with van der Waals surface area (Å²) in [6.45, 7) is 6.15. The molecule has 1 atom stereocenters. The van der Waals surface area contributed by atoms with Crippen molar-refractivity contribution >= 4 is 45.6 Å². The van der Waals surface area contributed by atoms with Crippen LogP contribution in [0, 0.1) is 6.92 Å². The number of thiazole rings is 1. The van der Waals surface area contributed by atoms with Crippen molar-refractivity contribution in [3.63, 3.8) is 0 Å². The number of benzene rings is 1. The third kappa shape index (κ3) is 5.44. The lowest BCUT2D eigenvalue weighted by Crippen LogP contribution is -2.45. The lowest BCUT2D eigenvalue weighted by Gasteiger charge is -2.12. The molecule has 0 bridgehead atoms. The number of hydrogen-bond acceptors (Lipinski definition) is 5. The Bertz CT molecular complexity index is 763. The Morgan fingerprint density at radius 1 is 1.36 bits per heavy atom. The third-order valence-corrected chi connectivity index (χ3v) is 4.46. The summed E-state index contributed by atoms with van der Waals surface area (Å²) >= 11 is 7.31. The van der Waals surface area contributed by atoms with E-state index < -0.39 is 6.04 Å². The van der Waals surface area contributed by atoms with Crippen LogP contribution in [0.5, 0.6) is 0 Å². The maximum Gasteiger partial charge on any atom is 0.271 e. The van der Waals surface area contributed by atoms with E-state index in [0.29, 0.717) is 16.7 Å². The van der Waals surface area contributed by atoms with Gasteiger partial charge in [0.05, 0.1) is 0 Å². The Balaban J connectivity index is 1.99. The number of aryl methyl sites for hydroxylation is 1. The molecule has 0 aliphatic rings. The van der Waals surface area contributed by atoms with Crippen molar-refractivity contribution in [3.8, 4) is 0 Å². The molecule has 0 spiro atoms. The molecule has 2 aromatic rings. The molecule has 2 amide bonds. The standard InChI is InChI=1S/C17H21ClN4O2S/c1-4-7-19-15(23)11(3)20-16(24)14-9-25-17(22-14)21-13-8-12(18)6-5-10(13)2/h5-6,8-9,11H,4,7H2,1-3H3,(H,19,23)(H,20,24)(H,21,22). The number of halogens is 1. The molecular weight excluding hydrogens is 360 g/mol. The summed E-state index contributed by atoms with van der Waals surface area (Å²) in [6, 6.07) is 4.90. The first kappa shape index (κ1) is 19.2. The zero-order valence-electron chi connectivity index (χ0n) is 14.4. The van der Waals surface area contributed by atoms with Gasteiger partial charge in [0, 0.05) is 22.6 Å². The molecule has 0 saturated heterocycles. The van der Waals surface area contributed by atoms with Gasteiger partial charge in [0.1, 0.15) is 11.7 Å². The van der Waals surface area contributed by atoms with Crippen LogP contribution < -0.4 is 16.0 Å². The van der Waals surface area contributed by atoms with Crippen LogP contribution in [0.15, 0.2) is 23.6 Å². The zero-order valence-corrected chi connectivity index (χ0v) is 15.9. The number of anilines is 2. The lowest BCUT2D eigenvalue weighted by molar-refractivity contribution is -0.122. The van der Waals surface area contributed by atoms with Crippen molar-refractivity contribution in [2.75, 3.05) is 11.9 Å². The third-order valence-electron chi connectivity index (χ3n) is 3.47. The molecule has 0 radical (unpaired) electrons. The van der Waals surface area contributed by atoms with Crippen LogP contribution in [0.25, 0.3) is 0 Å². The second-order valence-corrected chi connectivity index (χ2v) is 6.90. The highest BCUT2D eigenvalue weighted by molar-refractivity contribution is 7.14. The second-order valence-electron chi connectivity index (χ2n) is 5.61. The Hall–Kier alpha value is -2.12. The predicted molar refractivity (Wildman–Crippen MR) is 102 cm³/mol. The number of nitrogens with zero attached hydrogens (tertiary/aromatic N) is 1. The van der Waals surface area contributed by atoms with Gasteiger partial charge in [0.2, 0.25) is 5.91 Å². The van der Waals surface area contributed by atoms with E-state index in [4.69, 9.17) is 11.6 Å². The average Bonchev–Trinajstić information content (AvgIpc) is 3.04. The van der Waals surface area contributed by atoms with Crippen molar-refractivity contribution in [1.29, 1.82) is 0 Å². The number of nitrogens with one attached hydrogen (secondary N) is 3. The summed E-state index contributed by atoms with van der Waals surface area (Å²) in [5.74, 6) is -0.593. The number of carbonyl (C=O) groups excluding carboxylic acids is 2. The number of amides is 2. The maximum atomic E-state index is 12.2. The van der Waals surface area contributed by atoms with Crippen LogP contribution >= 0.6 is 22.9 Å². The fourth-order valence-corrected chi connectivity index (χ4v) is 2.89. The van der Waals surface area contributed by atoms with Crippen molar-refractivity contribution < 1.29 is 9.59 Å². The fourth-order valence-electron chi connectivity index (χ4n) is 2.02. The Morgan fingerprint density at radius 2 is 2.12 bits per heavy atom. The van der Waals surface area contributed by atoms with E-state index in [9.17, 15) is 9.59 Å². The molecule has 3 N–H and O–H groups in total. The minimum atomic E-state index is -0.618. The SMILES string of the molecule is CCCNC(=O)C(C)NC(=O)c1csc(Nc2cc(Cl)ccc2C)n1. The highest BCUT2D eigenvalue weighted by atomic mass is 35.5. The number of carbonyl (C=O) groups is 2. The lowest BCUT2D eigenvalue weighted by atomic mass is 10.2. The molecule has 0 aliphatic heterocycles. The topological polar surface area (TPSA) is 83.1 Å². The van der Waals surface area contributed by atoms with Crippen LogP contribution in [0.3, 0.4) is 0 Å². The molecule has 1 aromatic carbocycles. The Morgan fingerprint density at radius 3 is 2.84 bits per heavy atom. The van der Waals surface area contributed by atoms with Gasteiger partial charge in [-0.2, -0.15) is 0 Å². The van der Waals surface area contributed by atoms with Gasteiger partial charge in [-0.05, 0) is 38.0 Å². The van der Waals surface area contributed by atoms with Gasteiger partial charge in [-0.1, -0.05) is 24.6 Å². The summed E-state index contributed by atoms with van der Waals surface area (Å²) in [4.78, 5) is 28.3. The van der Waals surface area contributed by atoms with Crippen molar-refractivity contribution in [3.05, 3.63) is 39.9 Å². The quantitative estimate of drug-likeness (QED) is 0.686. The van der Waals surface area contributed by atoms with E-state index in [1.807, 2.05) is 26.0 Å². The summed E-state index contributed by atoms with van der Waals surface area (Å²) < 4.78 is 0. The van der Waals surface area contributed by atoms with Crippen LogP contribution in [0.4, 0.5) is 10.8 Å². The first-order valence-electron chi connectivity index (χ1n) is 7.98. The molecule has 8 heteroatoms. The van der Waals surface area contributed by atoms with Gasteiger partial charge in [0.25, 0.3) is 5.91 Å². The van der Waals surface area contributed by atoms with Gasteiger partial charge in [0.15, 0.2) is 5.13 Å². The van der Waals surface area contributed by atoms with Crippen LogP contribution in [0.2, 0.25) is 5.02 Å². The molecule has 0 fully saturated rings. The van der Waals surface area contributed by atoms with Gasteiger partial charge in [-0.25, -0.2) is 4.98 Å². The Labute approximate surface area is 156 Å². The highest BCUT2D eigenvalue weighted by Crippen LogP contribution is 2.26. The fraction of sp³-hybridized carbons (Fsp3) is 0.353. The van der Waals surface area contributed by atoms with Crippen molar-refractivity contribution in [1.82, 2.24) is 15.6 Å². The Kier molecular flexibility index (Phi) is 6.78. The number of rotatable bonds is 7. The molecule has 134 valence electrons. The van der Waals surface area contributed by atoms with Crippen LogP contribution in [-0.4, -0.2) is 29.4 Å². The summed E-state index contributed by atoms with van der Waals surface area (Å²) in [5.41, 5.74) is 2.12. The van der Waals surface area contributed by atoms with Gasteiger partial charge >= 0.3 is 0 Å². The van der Waals surface area contributed by atoms with E-state index in [1.54, 1.807) is 18.4 Å². The number of hydrogen-bond donors (Lipinski definition) is 3. The van der Waals surface area contributed by atoms with E-state index in [1.165, 1.54) is 11.3 Å². The molecule has 6 nitrogen and oxygen atoms in total. The molecule has 2 rings (SSSR count). The molecular formula is C17H21ClN4O2S.